The van der Waals surface area contributed by atoms with E-state index in [0.29, 0.717) is 12.8 Å². The zero-order valence-electron chi connectivity index (χ0n) is 18.6. The summed E-state index contributed by atoms with van der Waals surface area (Å²) in [5.41, 5.74) is 3.71. The first-order valence-electron chi connectivity index (χ1n) is 10.6. The number of fused-ring (bicyclic) bond motifs is 1. The monoisotopic (exact) mass is 455 g/mol. The molecule has 0 saturated carbocycles. The number of benzene rings is 4. The maximum absolute atomic E-state index is 12.3. The van der Waals surface area contributed by atoms with E-state index in [0.717, 1.165) is 27.5 Å². The lowest BCUT2D eigenvalue weighted by atomic mass is 9.98. The molecule has 0 aromatic heterocycles. The molecule has 33 heavy (non-hydrogen) atoms. The SMILES string of the molecule is CN(C)S(=O)(=O)c1ccc(Cc2ccc3ccc(C#CCc4ccccc4)cc3c2O)cc1. The van der Waals surface area contributed by atoms with Gasteiger partial charge in [0.05, 0.1) is 4.90 Å². The second kappa shape index (κ2) is 9.50. The molecule has 4 aromatic carbocycles. The molecule has 4 aromatic rings. The van der Waals surface area contributed by atoms with Crippen molar-refractivity contribution in [3.8, 4) is 17.6 Å². The van der Waals surface area contributed by atoms with Crippen molar-refractivity contribution in [1.29, 1.82) is 0 Å². The Morgan fingerprint density at radius 2 is 1.55 bits per heavy atom. The van der Waals surface area contributed by atoms with Gasteiger partial charge in [-0.15, -0.1) is 0 Å². The molecule has 0 aliphatic heterocycles. The van der Waals surface area contributed by atoms with Crippen molar-refractivity contribution in [3.63, 3.8) is 0 Å². The number of phenols is 1. The van der Waals surface area contributed by atoms with Crippen LogP contribution in [0.25, 0.3) is 10.8 Å². The summed E-state index contributed by atoms with van der Waals surface area (Å²) >= 11 is 0. The Morgan fingerprint density at radius 1 is 0.848 bits per heavy atom. The van der Waals surface area contributed by atoms with Crippen LogP contribution in [0.2, 0.25) is 0 Å². The minimum atomic E-state index is -3.46. The van der Waals surface area contributed by atoms with Gasteiger partial charge in [0.25, 0.3) is 0 Å². The van der Waals surface area contributed by atoms with E-state index in [1.165, 1.54) is 24.0 Å². The molecule has 0 unspecified atom stereocenters. The van der Waals surface area contributed by atoms with Crippen LogP contribution in [0.3, 0.4) is 0 Å². The Bertz CT molecular complexity index is 1450. The van der Waals surface area contributed by atoms with Crippen molar-refractivity contribution in [3.05, 3.63) is 107 Å². The summed E-state index contributed by atoms with van der Waals surface area (Å²) in [6, 6.07) is 26.6. The number of phenolic OH excluding ortho intramolecular Hbond substituents is 1. The Kier molecular flexibility index (Phi) is 6.50. The number of sulfonamides is 1. The lowest BCUT2D eigenvalue weighted by molar-refractivity contribution is 0.476. The van der Waals surface area contributed by atoms with Gasteiger partial charge in [0, 0.05) is 37.9 Å². The van der Waals surface area contributed by atoms with Crippen LogP contribution in [0.15, 0.2) is 89.8 Å². The Hall–Kier alpha value is -3.59. The zero-order valence-corrected chi connectivity index (χ0v) is 19.4. The normalized spacial score (nSPS) is 11.4. The van der Waals surface area contributed by atoms with Gasteiger partial charge in [0.2, 0.25) is 10.0 Å². The molecule has 4 nitrogen and oxygen atoms in total. The third-order valence-corrected chi connectivity index (χ3v) is 7.37. The highest BCUT2D eigenvalue weighted by Crippen LogP contribution is 2.31. The van der Waals surface area contributed by atoms with Crippen molar-refractivity contribution in [2.75, 3.05) is 14.1 Å². The fraction of sp³-hybridized carbons (Fsp3) is 0.143. The van der Waals surface area contributed by atoms with Crippen molar-refractivity contribution < 1.29 is 13.5 Å². The first kappa shape index (κ1) is 22.6. The summed E-state index contributed by atoms with van der Waals surface area (Å²) in [5, 5.41) is 12.6. The molecule has 0 heterocycles. The van der Waals surface area contributed by atoms with Crippen molar-refractivity contribution in [1.82, 2.24) is 4.31 Å². The van der Waals surface area contributed by atoms with Crippen LogP contribution in [0.5, 0.6) is 5.75 Å². The summed E-state index contributed by atoms with van der Waals surface area (Å²) in [4.78, 5) is 0.248. The third kappa shape index (κ3) is 5.09. The lowest BCUT2D eigenvalue weighted by Crippen LogP contribution is -2.22. The van der Waals surface area contributed by atoms with Gasteiger partial charge >= 0.3 is 0 Å². The molecule has 166 valence electrons. The highest BCUT2D eigenvalue weighted by Gasteiger charge is 2.17. The number of nitrogens with zero attached hydrogens (tertiary/aromatic N) is 1. The fourth-order valence-electron chi connectivity index (χ4n) is 3.62. The van der Waals surface area contributed by atoms with E-state index < -0.39 is 10.0 Å². The lowest BCUT2D eigenvalue weighted by Gasteiger charge is -2.12. The van der Waals surface area contributed by atoms with Crippen LogP contribution in [-0.2, 0) is 22.9 Å². The number of aromatic hydroxyl groups is 1. The molecule has 0 saturated heterocycles. The molecule has 0 aliphatic rings. The topological polar surface area (TPSA) is 57.6 Å². The maximum atomic E-state index is 12.3. The van der Waals surface area contributed by atoms with Gasteiger partial charge in [-0.25, -0.2) is 12.7 Å². The maximum Gasteiger partial charge on any atom is 0.242 e. The van der Waals surface area contributed by atoms with E-state index in [1.807, 2.05) is 48.5 Å². The Labute approximate surface area is 195 Å². The molecule has 0 aliphatic carbocycles. The molecular weight excluding hydrogens is 430 g/mol. The van der Waals surface area contributed by atoms with Gasteiger partial charge in [-0.2, -0.15) is 0 Å². The first-order chi connectivity index (χ1) is 15.8. The minimum Gasteiger partial charge on any atom is -0.507 e. The number of rotatable bonds is 5. The first-order valence-corrected chi connectivity index (χ1v) is 12.1. The molecule has 0 amide bonds. The Balaban J connectivity index is 1.57. The van der Waals surface area contributed by atoms with Crippen molar-refractivity contribution in [2.45, 2.75) is 17.7 Å². The Morgan fingerprint density at radius 3 is 2.24 bits per heavy atom. The molecule has 4 rings (SSSR count). The summed E-state index contributed by atoms with van der Waals surface area (Å²) in [5.74, 6) is 6.61. The van der Waals surface area contributed by atoms with Crippen molar-refractivity contribution in [2.24, 2.45) is 0 Å². The highest BCUT2D eigenvalue weighted by atomic mass is 32.2. The second-order valence-electron chi connectivity index (χ2n) is 8.08. The summed E-state index contributed by atoms with van der Waals surface area (Å²) < 4.78 is 25.7. The molecule has 0 radical (unpaired) electrons. The second-order valence-corrected chi connectivity index (χ2v) is 10.2. The van der Waals surface area contributed by atoms with Crippen LogP contribution in [0.1, 0.15) is 22.3 Å². The van der Waals surface area contributed by atoms with E-state index in [4.69, 9.17) is 0 Å². The molecule has 5 heteroatoms. The fourth-order valence-corrected chi connectivity index (χ4v) is 4.53. The number of hydrogen-bond donors (Lipinski definition) is 1. The molecular formula is C28H25NO3S. The molecule has 0 fully saturated rings. The average Bonchev–Trinajstić information content (AvgIpc) is 2.82. The third-order valence-electron chi connectivity index (χ3n) is 5.54. The van der Waals surface area contributed by atoms with Gasteiger partial charge in [-0.3, -0.25) is 0 Å². The summed E-state index contributed by atoms with van der Waals surface area (Å²) in [7, 11) is -0.442. The zero-order chi connectivity index (χ0) is 23.4. The predicted molar refractivity (Wildman–Crippen MR) is 133 cm³/mol. The van der Waals surface area contributed by atoms with Crippen LogP contribution in [0.4, 0.5) is 0 Å². The van der Waals surface area contributed by atoms with Crippen LogP contribution < -0.4 is 0 Å². The standard InChI is InChI=1S/C28H25NO3S/c1-29(2)33(31,32)26-17-12-23(13-18-26)19-25-16-15-24-14-11-22(20-27(24)28(25)30)10-6-9-21-7-4-3-5-8-21/h3-5,7-8,11-18,20,30H,9,19H2,1-2H3. The van der Waals surface area contributed by atoms with E-state index in [-0.39, 0.29) is 10.6 Å². The minimum absolute atomic E-state index is 0.226. The van der Waals surface area contributed by atoms with Crippen LogP contribution >= 0.6 is 0 Å². The van der Waals surface area contributed by atoms with Crippen molar-refractivity contribution >= 4 is 20.8 Å². The van der Waals surface area contributed by atoms with Gasteiger partial charge < -0.3 is 5.11 Å². The van der Waals surface area contributed by atoms with E-state index in [2.05, 4.69) is 24.0 Å². The number of hydrogen-bond acceptors (Lipinski definition) is 3. The van der Waals surface area contributed by atoms with Gasteiger partial charge in [-0.1, -0.05) is 72.5 Å². The smallest absolute Gasteiger partial charge is 0.242 e. The molecule has 0 bridgehead atoms. The summed E-state index contributed by atoms with van der Waals surface area (Å²) in [6.07, 6.45) is 1.17. The quantitative estimate of drug-likeness (QED) is 0.432. The van der Waals surface area contributed by atoms with Gasteiger partial charge in [-0.05, 0) is 46.3 Å². The molecule has 0 atom stereocenters. The molecule has 0 spiro atoms. The summed E-state index contributed by atoms with van der Waals surface area (Å²) in [6.45, 7) is 0. The van der Waals surface area contributed by atoms with Gasteiger partial charge in [0.1, 0.15) is 5.75 Å². The largest absolute Gasteiger partial charge is 0.507 e. The van der Waals surface area contributed by atoms with E-state index >= 15 is 0 Å². The van der Waals surface area contributed by atoms with E-state index in [1.54, 1.807) is 24.3 Å². The molecule has 1 N–H and O–H groups in total. The predicted octanol–water partition coefficient (Wildman–Crippen LogP) is 4.98. The van der Waals surface area contributed by atoms with Crippen LogP contribution in [-0.4, -0.2) is 31.9 Å². The van der Waals surface area contributed by atoms with Gasteiger partial charge in [0.15, 0.2) is 0 Å². The highest BCUT2D eigenvalue weighted by molar-refractivity contribution is 7.89. The van der Waals surface area contributed by atoms with Crippen LogP contribution in [0, 0.1) is 11.8 Å². The average molecular weight is 456 g/mol. The van der Waals surface area contributed by atoms with E-state index in [9.17, 15) is 13.5 Å².